The summed E-state index contributed by atoms with van der Waals surface area (Å²) in [5.41, 5.74) is 1.49. The Balaban J connectivity index is 1.51. The molecule has 4 rings (SSSR count). The summed E-state index contributed by atoms with van der Waals surface area (Å²) in [6, 6.07) is 12.0. The number of carbonyl (C=O) groups excluding carboxylic acids is 3. The molecule has 2 aromatic rings. The summed E-state index contributed by atoms with van der Waals surface area (Å²) in [5.74, 6) is -0.670. The lowest BCUT2D eigenvalue weighted by Crippen LogP contribution is -2.42. The monoisotopic (exact) mass is 454 g/mol. The molecular weight excluding hydrogens is 432 g/mol. The predicted molar refractivity (Wildman–Crippen MR) is 120 cm³/mol. The molecule has 0 spiro atoms. The lowest BCUT2D eigenvalue weighted by molar-refractivity contribution is -0.149. The number of hydrogen-bond donors (Lipinski definition) is 1. The van der Waals surface area contributed by atoms with E-state index >= 15 is 0 Å². The Labute approximate surface area is 190 Å². The number of likely N-dealkylation sites (tertiary alicyclic amines) is 1. The Morgan fingerprint density at radius 2 is 2.09 bits per heavy atom. The topological polar surface area (TPSA) is 84.9 Å². The van der Waals surface area contributed by atoms with Crippen molar-refractivity contribution in [2.75, 3.05) is 25.0 Å². The van der Waals surface area contributed by atoms with Crippen LogP contribution in [0.3, 0.4) is 0 Å². The molecule has 2 aromatic carbocycles. The van der Waals surface area contributed by atoms with E-state index in [9.17, 15) is 14.4 Å². The van der Waals surface area contributed by atoms with Gasteiger partial charge in [0.05, 0.1) is 18.2 Å². The zero-order valence-electron chi connectivity index (χ0n) is 17.6. The van der Waals surface area contributed by atoms with Gasteiger partial charge in [0.25, 0.3) is 11.8 Å². The molecule has 1 atom stereocenters. The van der Waals surface area contributed by atoms with Crippen LogP contribution in [0.5, 0.6) is 5.75 Å². The van der Waals surface area contributed by atoms with Gasteiger partial charge in [0.15, 0.2) is 11.5 Å². The van der Waals surface area contributed by atoms with Crippen molar-refractivity contribution < 1.29 is 23.9 Å². The van der Waals surface area contributed by atoms with Gasteiger partial charge in [-0.15, -0.1) is 0 Å². The van der Waals surface area contributed by atoms with Gasteiger partial charge in [-0.2, -0.15) is 0 Å². The van der Waals surface area contributed by atoms with Gasteiger partial charge in [0, 0.05) is 23.7 Å². The molecule has 2 aliphatic heterocycles. The molecule has 1 unspecified atom stereocenters. The van der Waals surface area contributed by atoms with Crippen LogP contribution in [-0.4, -0.2) is 42.4 Å². The lowest BCUT2D eigenvalue weighted by Gasteiger charge is -2.32. The van der Waals surface area contributed by atoms with E-state index in [4.69, 9.17) is 21.1 Å². The summed E-state index contributed by atoms with van der Waals surface area (Å²) in [4.78, 5) is 39.3. The Morgan fingerprint density at radius 3 is 2.88 bits per heavy atom. The Morgan fingerprint density at radius 1 is 1.28 bits per heavy atom. The number of benzene rings is 2. The summed E-state index contributed by atoms with van der Waals surface area (Å²) < 4.78 is 10.9. The molecule has 166 valence electrons. The van der Waals surface area contributed by atoms with Gasteiger partial charge in [-0.25, -0.2) is 0 Å². The number of piperidine rings is 1. The molecular formula is C24H23ClN2O5. The van der Waals surface area contributed by atoms with Crippen molar-refractivity contribution in [2.45, 2.75) is 19.8 Å². The van der Waals surface area contributed by atoms with Crippen LogP contribution in [0.1, 0.15) is 35.7 Å². The number of fused-ring (bicyclic) bond motifs is 1. The molecule has 1 fully saturated rings. The number of hydrogen-bond acceptors (Lipinski definition) is 5. The Bertz CT molecular complexity index is 1100. The molecule has 1 saturated heterocycles. The largest absolute Gasteiger partial charge is 0.466 e. The van der Waals surface area contributed by atoms with E-state index in [1.54, 1.807) is 54.3 Å². The van der Waals surface area contributed by atoms with Gasteiger partial charge >= 0.3 is 5.97 Å². The first kappa shape index (κ1) is 21.9. The second-order valence-corrected chi connectivity index (χ2v) is 8.05. The number of nitrogens with one attached hydrogen (secondary N) is 1. The number of anilines is 1. The molecule has 7 nitrogen and oxygen atoms in total. The van der Waals surface area contributed by atoms with Crippen LogP contribution >= 0.6 is 11.6 Å². The highest BCUT2D eigenvalue weighted by Crippen LogP contribution is 2.33. The van der Waals surface area contributed by atoms with Crippen LogP contribution in [0.25, 0.3) is 6.08 Å². The molecule has 0 radical (unpaired) electrons. The van der Waals surface area contributed by atoms with Gasteiger partial charge < -0.3 is 19.7 Å². The molecule has 1 N–H and O–H groups in total. The van der Waals surface area contributed by atoms with E-state index in [1.165, 1.54) is 0 Å². The average Bonchev–Trinajstić information content (AvgIpc) is 2.80. The third-order valence-corrected chi connectivity index (χ3v) is 5.78. The van der Waals surface area contributed by atoms with E-state index in [2.05, 4.69) is 5.32 Å². The summed E-state index contributed by atoms with van der Waals surface area (Å²) in [6.07, 6.45) is 3.01. The van der Waals surface area contributed by atoms with Crippen LogP contribution in [0.2, 0.25) is 5.02 Å². The maximum atomic E-state index is 13.0. The molecule has 32 heavy (non-hydrogen) atoms. The number of carbonyl (C=O) groups is 3. The highest BCUT2D eigenvalue weighted by Gasteiger charge is 2.31. The van der Waals surface area contributed by atoms with E-state index in [1.807, 2.05) is 6.07 Å². The van der Waals surface area contributed by atoms with Crippen molar-refractivity contribution in [2.24, 2.45) is 5.92 Å². The summed E-state index contributed by atoms with van der Waals surface area (Å²) in [7, 11) is 0. The summed E-state index contributed by atoms with van der Waals surface area (Å²) in [6.45, 7) is 2.98. The van der Waals surface area contributed by atoms with Crippen LogP contribution in [0.15, 0.2) is 48.2 Å². The van der Waals surface area contributed by atoms with Gasteiger partial charge in [0.2, 0.25) is 0 Å². The number of amides is 2. The Hall–Kier alpha value is -3.32. The minimum Gasteiger partial charge on any atom is -0.466 e. The first-order valence-electron chi connectivity index (χ1n) is 10.5. The third-order valence-electron chi connectivity index (χ3n) is 5.44. The maximum absolute atomic E-state index is 13.0. The minimum atomic E-state index is -0.428. The fourth-order valence-electron chi connectivity index (χ4n) is 3.82. The minimum absolute atomic E-state index is 0.109. The fraction of sp³-hybridized carbons (Fsp3) is 0.292. The molecule has 2 aliphatic rings. The molecule has 8 heteroatoms. The van der Waals surface area contributed by atoms with Gasteiger partial charge in [-0.1, -0.05) is 29.8 Å². The van der Waals surface area contributed by atoms with Crippen molar-refractivity contribution in [3.05, 3.63) is 64.4 Å². The van der Waals surface area contributed by atoms with E-state index in [0.29, 0.717) is 53.7 Å². The summed E-state index contributed by atoms with van der Waals surface area (Å²) in [5, 5.41) is 3.28. The van der Waals surface area contributed by atoms with Crippen molar-refractivity contribution in [3.63, 3.8) is 0 Å². The molecule has 2 heterocycles. The molecule has 0 bridgehead atoms. The number of ether oxygens (including phenoxy) is 2. The highest BCUT2D eigenvalue weighted by molar-refractivity contribution is 6.32. The van der Waals surface area contributed by atoms with Crippen LogP contribution in [0, 0.1) is 5.92 Å². The molecule has 2 amide bonds. The van der Waals surface area contributed by atoms with Crippen LogP contribution in [0.4, 0.5) is 5.69 Å². The zero-order chi connectivity index (χ0) is 22.7. The van der Waals surface area contributed by atoms with Crippen molar-refractivity contribution >= 4 is 41.1 Å². The number of nitrogens with zero attached hydrogens (tertiary/aromatic N) is 1. The van der Waals surface area contributed by atoms with Gasteiger partial charge in [-0.05, 0) is 55.7 Å². The third kappa shape index (κ3) is 4.62. The predicted octanol–water partition coefficient (Wildman–Crippen LogP) is 4.13. The lowest BCUT2D eigenvalue weighted by atomic mass is 9.97. The average molecular weight is 455 g/mol. The number of esters is 1. The van der Waals surface area contributed by atoms with Gasteiger partial charge in [-0.3, -0.25) is 14.4 Å². The van der Waals surface area contributed by atoms with Crippen LogP contribution in [-0.2, 0) is 14.3 Å². The second kappa shape index (κ2) is 9.44. The fourth-order valence-corrected chi connectivity index (χ4v) is 4.01. The first-order chi connectivity index (χ1) is 15.5. The molecule has 0 aliphatic carbocycles. The molecule has 0 aromatic heterocycles. The SMILES string of the molecule is CCOC(=O)C1CCCN(C(=O)c2ccc3c(c2)NC(=O)C(=Cc2ccccc2Cl)O3)C1. The van der Waals surface area contributed by atoms with Crippen molar-refractivity contribution in [1.29, 1.82) is 0 Å². The van der Waals surface area contributed by atoms with Crippen LogP contribution < -0.4 is 10.1 Å². The summed E-state index contributed by atoms with van der Waals surface area (Å²) >= 11 is 6.17. The molecule has 0 saturated carbocycles. The standard InChI is InChI=1S/C24H23ClN2O5/c1-2-31-24(30)17-7-5-11-27(14-17)23(29)16-9-10-20-19(12-16)26-22(28)21(32-20)13-15-6-3-4-8-18(15)25/h3-4,6,8-10,12-13,17H,2,5,7,11,14H2,1H3,(H,26,28). The zero-order valence-corrected chi connectivity index (χ0v) is 18.4. The van der Waals surface area contributed by atoms with Gasteiger partial charge in [0.1, 0.15) is 0 Å². The van der Waals surface area contributed by atoms with Crippen molar-refractivity contribution in [1.82, 2.24) is 4.90 Å². The number of rotatable bonds is 4. The van der Waals surface area contributed by atoms with Crippen molar-refractivity contribution in [3.8, 4) is 5.75 Å². The van der Waals surface area contributed by atoms with E-state index in [0.717, 1.165) is 6.42 Å². The maximum Gasteiger partial charge on any atom is 0.310 e. The smallest absolute Gasteiger partial charge is 0.310 e. The normalized spacial score (nSPS) is 19.1. The quantitative estimate of drug-likeness (QED) is 0.554. The second-order valence-electron chi connectivity index (χ2n) is 7.64. The first-order valence-corrected chi connectivity index (χ1v) is 10.9. The number of halogens is 1. The van der Waals surface area contributed by atoms with E-state index < -0.39 is 5.91 Å². The van der Waals surface area contributed by atoms with E-state index in [-0.39, 0.29) is 23.6 Å². The highest BCUT2D eigenvalue weighted by atomic mass is 35.5. The Kier molecular flexibility index (Phi) is 6.46.